The molecule has 0 radical (unpaired) electrons. The van der Waals surface area contributed by atoms with Gasteiger partial charge in [-0.15, -0.1) is 0 Å². The first-order valence-corrected chi connectivity index (χ1v) is 32.9. The molecule has 80 heavy (non-hydrogen) atoms. The zero-order valence-corrected chi connectivity index (χ0v) is 49.1. The number of Topliss-reactive ketones (excluding diaryl/α,β-unsaturated/α-hetero) is 2. The molecule has 4 aliphatic heterocycles. The quantitative estimate of drug-likeness (QED) is 0.170. The first-order chi connectivity index (χ1) is 38.3. The molecule has 12 rings (SSSR count). The molecule has 0 saturated heterocycles. The number of carbonyl (C=O) groups excluding carboxylic acids is 4. The van der Waals surface area contributed by atoms with Crippen LogP contribution < -0.4 is 28.7 Å². The molecule has 2 fully saturated rings. The van der Waals surface area contributed by atoms with Crippen molar-refractivity contribution in [2.45, 2.75) is 151 Å². The first-order valence-electron chi connectivity index (χ1n) is 29.1. The van der Waals surface area contributed by atoms with E-state index in [-0.39, 0.29) is 45.6 Å². The number of sulfonamides is 2. The maximum absolute atomic E-state index is 13.2. The second-order valence-electron chi connectivity index (χ2n) is 24.5. The Labute approximate surface area is 481 Å². The summed E-state index contributed by atoms with van der Waals surface area (Å²) in [5.74, 6) is 1.22. The lowest BCUT2D eigenvalue weighted by molar-refractivity contribution is -0.128. The third-order valence-corrected chi connectivity index (χ3v) is 23.3. The molecule has 0 unspecified atom stereocenters. The molecule has 0 aromatic heterocycles. The fourth-order valence-corrected chi connectivity index (χ4v) is 16.7. The SMILES string of the molecule is C[C@@H]1CCCCC(=O)[C@@H]2CC[C@H]2CN2C[C@@]3(CCCc4cc(Cl)ccc43)COc3ccc(cc32)C(=O)NS1(=O)=O.C[C@H]1CCCCC(=O)[C@@H]2CC[C@H]2CN2C[C@@]3(CCCc4cc(Cl)ccc43)COc3ccc(cc32)C(=O)NS1(=O)=O. The van der Waals surface area contributed by atoms with Crippen LogP contribution in [-0.4, -0.2) is 90.1 Å². The summed E-state index contributed by atoms with van der Waals surface area (Å²) >= 11 is 12.7. The molecule has 8 atom stereocenters. The molecule has 8 aliphatic rings. The van der Waals surface area contributed by atoms with Crippen molar-refractivity contribution in [3.63, 3.8) is 0 Å². The maximum atomic E-state index is 13.2. The Morgan fingerprint density at radius 1 is 0.512 bits per heavy atom. The Kier molecular flexibility index (Phi) is 16.2. The fourth-order valence-electron chi connectivity index (χ4n) is 14.2. The van der Waals surface area contributed by atoms with Crippen molar-refractivity contribution in [3.8, 4) is 11.5 Å². The highest BCUT2D eigenvalue weighted by Crippen LogP contribution is 2.49. The zero-order valence-electron chi connectivity index (χ0n) is 45.9. The van der Waals surface area contributed by atoms with E-state index in [1.165, 1.54) is 22.3 Å². The van der Waals surface area contributed by atoms with Gasteiger partial charge in [0.2, 0.25) is 20.0 Å². The third kappa shape index (κ3) is 11.5. The standard InChI is InChI=1S/2C31H37ClN2O5S/c2*1-20-5-2-3-7-28(35)25-11-8-23(25)17-34-18-31(14-4-6-21-15-24(32)10-12-26(21)31)19-39-29-13-9-22(16-27(29)34)30(36)33-40(20,37)38/h2*9-10,12-13,15-16,20,23,25H,2-8,11,14,17-19H2,1H3,(H,33,36)/t20-,23+,25-,31+;20-,23-,25+,31-/m10/s1. The van der Waals surface area contributed by atoms with Crippen LogP contribution in [0, 0.1) is 23.7 Å². The van der Waals surface area contributed by atoms with Crippen LogP contribution in [0.5, 0.6) is 11.5 Å². The van der Waals surface area contributed by atoms with E-state index in [0.29, 0.717) is 114 Å². The number of nitrogens with one attached hydrogen (secondary N) is 2. The van der Waals surface area contributed by atoms with Crippen LogP contribution in [0.25, 0.3) is 0 Å². The highest BCUT2D eigenvalue weighted by molar-refractivity contribution is 7.91. The van der Waals surface area contributed by atoms with E-state index in [9.17, 15) is 36.0 Å². The number of aryl methyl sites for hydroxylation is 2. The molecular weight excluding hydrogens is 1100 g/mol. The van der Waals surface area contributed by atoms with Crippen LogP contribution in [0.15, 0.2) is 72.8 Å². The summed E-state index contributed by atoms with van der Waals surface area (Å²) in [6, 6.07) is 22.7. The van der Waals surface area contributed by atoms with Gasteiger partial charge in [0, 0.05) is 82.9 Å². The molecule has 14 nitrogen and oxygen atoms in total. The van der Waals surface area contributed by atoms with Gasteiger partial charge < -0.3 is 19.3 Å². The number of hydrogen-bond donors (Lipinski definition) is 2. The Balaban J connectivity index is 0.000000169. The van der Waals surface area contributed by atoms with Gasteiger partial charge in [0.15, 0.2) is 0 Å². The summed E-state index contributed by atoms with van der Waals surface area (Å²) < 4.78 is 69.3. The lowest BCUT2D eigenvalue weighted by Crippen LogP contribution is -2.49. The van der Waals surface area contributed by atoms with Crippen molar-refractivity contribution < 1.29 is 45.5 Å². The highest BCUT2D eigenvalue weighted by atomic mass is 35.5. The van der Waals surface area contributed by atoms with Gasteiger partial charge in [0.1, 0.15) is 23.1 Å². The number of halogens is 2. The van der Waals surface area contributed by atoms with Crippen molar-refractivity contribution in [1.82, 2.24) is 9.44 Å². The molecule has 2 amide bonds. The second kappa shape index (κ2) is 22.9. The minimum atomic E-state index is -3.85. The minimum Gasteiger partial charge on any atom is -0.490 e. The molecule has 2 saturated carbocycles. The van der Waals surface area contributed by atoms with Gasteiger partial charge in [0.25, 0.3) is 11.8 Å². The molecule has 4 aromatic rings. The van der Waals surface area contributed by atoms with Gasteiger partial charge in [0.05, 0.1) is 35.1 Å². The van der Waals surface area contributed by atoms with Gasteiger partial charge in [-0.1, -0.05) is 48.2 Å². The van der Waals surface area contributed by atoms with Crippen LogP contribution >= 0.6 is 23.2 Å². The van der Waals surface area contributed by atoms with E-state index < -0.39 is 42.4 Å². The van der Waals surface area contributed by atoms with E-state index in [1.54, 1.807) is 50.2 Å². The molecule has 18 heteroatoms. The molecule has 4 aliphatic carbocycles. The molecule has 4 bridgehead atoms. The Morgan fingerprint density at radius 3 is 1.34 bits per heavy atom. The van der Waals surface area contributed by atoms with E-state index in [2.05, 4.69) is 43.5 Å². The van der Waals surface area contributed by atoms with Gasteiger partial charge >= 0.3 is 0 Å². The average molecular weight is 1170 g/mol. The maximum Gasteiger partial charge on any atom is 0.264 e. The van der Waals surface area contributed by atoms with Crippen molar-refractivity contribution >= 4 is 78.0 Å². The second-order valence-corrected chi connectivity index (χ2v) is 29.5. The molecule has 428 valence electrons. The van der Waals surface area contributed by atoms with Crippen LogP contribution in [0.2, 0.25) is 10.0 Å². The number of fused-ring (bicyclic) bond motifs is 8. The van der Waals surface area contributed by atoms with Crippen LogP contribution in [-0.2, 0) is 53.3 Å². The fraction of sp³-hybridized carbons (Fsp3) is 0.548. The summed E-state index contributed by atoms with van der Waals surface area (Å²) in [6.45, 7) is 6.98. The van der Waals surface area contributed by atoms with Gasteiger partial charge in [-0.05, 0) is 198 Å². The molecular formula is C62H74Cl2N4O10S2. The summed E-state index contributed by atoms with van der Waals surface area (Å²) in [6.07, 6.45) is 14.1. The smallest absolute Gasteiger partial charge is 0.264 e. The van der Waals surface area contributed by atoms with Crippen molar-refractivity contribution in [2.24, 2.45) is 23.7 Å². The van der Waals surface area contributed by atoms with E-state index >= 15 is 0 Å². The van der Waals surface area contributed by atoms with E-state index in [4.69, 9.17) is 32.7 Å². The summed E-state index contributed by atoms with van der Waals surface area (Å²) in [5.41, 5.74) is 6.60. The van der Waals surface area contributed by atoms with Gasteiger partial charge in [-0.2, -0.15) is 0 Å². The van der Waals surface area contributed by atoms with E-state index in [1.807, 2.05) is 12.1 Å². The predicted octanol–water partition coefficient (Wildman–Crippen LogP) is 10.9. The normalized spacial score (nSPS) is 30.2. The number of benzene rings is 4. The van der Waals surface area contributed by atoms with E-state index in [0.717, 1.165) is 85.6 Å². The lowest BCUT2D eigenvalue weighted by atomic mass is 9.68. The van der Waals surface area contributed by atoms with Crippen molar-refractivity contribution in [2.75, 3.05) is 49.2 Å². The summed E-state index contributed by atoms with van der Waals surface area (Å²) in [5, 5.41) is 0.0105. The van der Waals surface area contributed by atoms with Gasteiger partial charge in [-0.25, -0.2) is 26.3 Å². The Hall–Kier alpha value is -5.16. The topological polar surface area (TPSA) is 186 Å². The third-order valence-electron chi connectivity index (χ3n) is 19.3. The van der Waals surface area contributed by atoms with Crippen LogP contribution in [0.1, 0.15) is 160 Å². The Bertz CT molecular complexity index is 3100. The number of nitrogens with zero attached hydrogens (tertiary/aromatic N) is 2. The average Bonchev–Trinajstić information content (AvgIpc) is 3.66. The molecule has 4 aromatic carbocycles. The molecule has 2 spiro atoms. The van der Waals surface area contributed by atoms with Gasteiger partial charge in [-0.3, -0.25) is 19.2 Å². The van der Waals surface area contributed by atoms with Crippen LogP contribution in [0.3, 0.4) is 0 Å². The number of rotatable bonds is 0. The summed E-state index contributed by atoms with van der Waals surface area (Å²) in [4.78, 5) is 57.4. The minimum absolute atomic E-state index is 0.0292. The highest BCUT2D eigenvalue weighted by Gasteiger charge is 2.47. The summed E-state index contributed by atoms with van der Waals surface area (Å²) in [7, 11) is -7.70. The Morgan fingerprint density at radius 2 is 0.938 bits per heavy atom. The van der Waals surface area contributed by atoms with Crippen molar-refractivity contribution in [3.05, 3.63) is 116 Å². The number of ketones is 2. The van der Waals surface area contributed by atoms with Crippen LogP contribution in [0.4, 0.5) is 11.4 Å². The number of hydrogen-bond acceptors (Lipinski definition) is 12. The lowest BCUT2D eigenvalue weighted by Gasteiger charge is -2.44. The number of carbonyl (C=O) groups is 4. The molecule has 4 heterocycles. The number of ether oxygens (including phenoxy) is 2. The number of amides is 2. The largest absolute Gasteiger partial charge is 0.490 e. The zero-order chi connectivity index (χ0) is 56.1. The molecule has 2 N–H and O–H groups in total. The van der Waals surface area contributed by atoms with Crippen molar-refractivity contribution in [1.29, 1.82) is 0 Å². The monoisotopic (exact) mass is 1170 g/mol. The first kappa shape index (κ1) is 56.7. The number of anilines is 2. The predicted molar refractivity (Wildman–Crippen MR) is 312 cm³/mol.